The van der Waals surface area contributed by atoms with E-state index < -0.39 is 10.0 Å². The molecule has 1 aliphatic rings. The van der Waals surface area contributed by atoms with E-state index in [4.69, 9.17) is 11.6 Å². The maximum Gasteiger partial charge on any atom is 0.229 e. The molecular formula is C23H20ClNO2S. The zero-order valence-electron chi connectivity index (χ0n) is 15.4. The van der Waals surface area contributed by atoms with Crippen molar-refractivity contribution in [3.63, 3.8) is 0 Å². The molecule has 0 heterocycles. The average molecular weight is 410 g/mol. The number of fused-ring (bicyclic) bond motifs is 2. The van der Waals surface area contributed by atoms with Crippen molar-refractivity contribution in [2.45, 2.75) is 12.8 Å². The maximum atomic E-state index is 11.6. The Morgan fingerprint density at radius 3 is 2.43 bits per heavy atom. The number of benzene rings is 3. The molecule has 0 aromatic heterocycles. The van der Waals surface area contributed by atoms with Crippen molar-refractivity contribution >= 4 is 39.0 Å². The second kappa shape index (κ2) is 7.46. The van der Waals surface area contributed by atoms with Gasteiger partial charge in [-0.05, 0) is 76.6 Å². The fourth-order valence-corrected chi connectivity index (χ4v) is 4.39. The second-order valence-corrected chi connectivity index (χ2v) is 9.20. The van der Waals surface area contributed by atoms with Gasteiger partial charge in [0.15, 0.2) is 0 Å². The van der Waals surface area contributed by atoms with Crippen molar-refractivity contribution < 1.29 is 8.42 Å². The number of anilines is 1. The van der Waals surface area contributed by atoms with Gasteiger partial charge in [0.2, 0.25) is 10.0 Å². The fraction of sp³-hybridized carbons (Fsp3) is 0.130. The Labute approximate surface area is 170 Å². The van der Waals surface area contributed by atoms with Gasteiger partial charge in [-0.15, -0.1) is 0 Å². The molecule has 0 spiro atoms. The quantitative estimate of drug-likeness (QED) is 0.629. The van der Waals surface area contributed by atoms with E-state index in [1.54, 1.807) is 6.07 Å². The van der Waals surface area contributed by atoms with E-state index in [0.29, 0.717) is 10.7 Å². The van der Waals surface area contributed by atoms with Gasteiger partial charge in [0.1, 0.15) is 0 Å². The summed E-state index contributed by atoms with van der Waals surface area (Å²) in [4.78, 5) is 0. The first-order valence-corrected chi connectivity index (χ1v) is 11.3. The van der Waals surface area contributed by atoms with Crippen molar-refractivity contribution in [1.29, 1.82) is 0 Å². The van der Waals surface area contributed by atoms with Gasteiger partial charge >= 0.3 is 0 Å². The molecule has 1 aliphatic carbocycles. The van der Waals surface area contributed by atoms with Crippen LogP contribution in [-0.2, 0) is 22.9 Å². The number of sulfonamides is 1. The molecule has 3 nitrogen and oxygen atoms in total. The number of nitrogens with one attached hydrogen (secondary N) is 1. The van der Waals surface area contributed by atoms with E-state index in [1.165, 1.54) is 16.7 Å². The molecule has 0 saturated carbocycles. The first kappa shape index (κ1) is 18.8. The van der Waals surface area contributed by atoms with E-state index in [1.807, 2.05) is 36.4 Å². The molecule has 1 N–H and O–H groups in total. The fourth-order valence-electron chi connectivity index (χ4n) is 3.66. The van der Waals surface area contributed by atoms with E-state index in [2.05, 4.69) is 35.1 Å². The molecular weight excluding hydrogens is 390 g/mol. The van der Waals surface area contributed by atoms with Crippen LogP contribution in [0.1, 0.15) is 27.8 Å². The highest BCUT2D eigenvalue weighted by Crippen LogP contribution is 2.36. The molecule has 0 aliphatic heterocycles. The molecule has 0 amide bonds. The van der Waals surface area contributed by atoms with Gasteiger partial charge in [0.05, 0.1) is 6.26 Å². The third-order valence-corrected chi connectivity index (χ3v) is 5.68. The van der Waals surface area contributed by atoms with Crippen molar-refractivity contribution in [3.05, 3.63) is 99.6 Å². The molecule has 3 aromatic rings. The van der Waals surface area contributed by atoms with Crippen LogP contribution in [0.15, 0.2) is 66.7 Å². The third-order valence-electron chi connectivity index (χ3n) is 4.83. The minimum Gasteiger partial charge on any atom is -0.284 e. The van der Waals surface area contributed by atoms with Gasteiger partial charge in [-0.25, -0.2) is 8.42 Å². The zero-order valence-corrected chi connectivity index (χ0v) is 17.0. The highest BCUT2D eigenvalue weighted by atomic mass is 35.5. The summed E-state index contributed by atoms with van der Waals surface area (Å²) in [6.45, 7) is 0. The Balaban J connectivity index is 1.89. The Morgan fingerprint density at radius 2 is 1.64 bits per heavy atom. The summed E-state index contributed by atoms with van der Waals surface area (Å²) in [6.07, 6.45) is 5.18. The first-order valence-electron chi connectivity index (χ1n) is 9.06. The molecule has 5 heteroatoms. The van der Waals surface area contributed by atoms with E-state index >= 15 is 0 Å². The van der Waals surface area contributed by atoms with Gasteiger partial charge < -0.3 is 0 Å². The van der Waals surface area contributed by atoms with Gasteiger partial charge in [-0.2, -0.15) is 0 Å². The zero-order chi connectivity index (χ0) is 19.7. The molecule has 142 valence electrons. The molecule has 0 fully saturated rings. The minimum absolute atomic E-state index is 0.546. The summed E-state index contributed by atoms with van der Waals surface area (Å²) in [5.74, 6) is 0. The summed E-state index contributed by atoms with van der Waals surface area (Å²) in [7, 11) is -3.32. The highest BCUT2D eigenvalue weighted by molar-refractivity contribution is 7.92. The topological polar surface area (TPSA) is 46.2 Å². The average Bonchev–Trinajstić information content (AvgIpc) is 2.78. The predicted molar refractivity (Wildman–Crippen MR) is 117 cm³/mol. The van der Waals surface area contributed by atoms with Crippen molar-refractivity contribution in [2.75, 3.05) is 11.0 Å². The van der Waals surface area contributed by atoms with Crippen LogP contribution in [0.25, 0.3) is 11.6 Å². The molecule has 0 atom stereocenters. The van der Waals surface area contributed by atoms with Gasteiger partial charge in [-0.1, -0.05) is 54.1 Å². The summed E-state index contributed by atoms with van der Waals surface area (Å²) in [5.41, 5.74) is 7.44. The highest BCUT2D eigenvalue weighted by Gasteiger charge is 2.18. The Kier molecular flexibility index (Phi) is 5.00. The SMILES string of the molecule is CS(=O)(=O)Nc1cccc(/C=C2/c3ccccc3CCc3ccc(Cl)cc32)c1. The lowest BCUT2D eigenvalue weighted by molar-refractivity contribution is 0.607. The number of aryl methyl sites for hydroxylation is 2. The number of rotatable bonds is 3. The summed E-state index contributed by atoms with van der Waals surface area (Å²) in [6, 6.07) is 21.9. The molecule has 3 aromatic carbocycles. The normalized spacial score (nSPS) is 14.9. The number of hydrogen-bond donors (Lipinski definition) is 1. The van der Waals surface area contributed by atoms with E-state index in [0.717, 1.165) is 35.8 Å². The van der Waals surface area contributed by atoms with Gasteiger partial charge in [0.25, 0.3) is 0 Å². The van der Waals surface area contributed by atoms with Crippen molar-refractivity contribution in [3.8, 4) is 0 Å². The molecule has 0 saturated heterocycles. The lowest BCUT2D eigenvalue weighted by atomic mass is 9.92. The van der Waals surface area contributed by atoms with Gasteiger partial charge in [0, 0.05) is 10.7 Å². The van der Waals surface area contributed by atoms with Crippen LogP contribution in [0.2, 0.25) is 5.02 Å². The van der Waals surface area contributed by atoms with E-state index in [9.17, 15) is 8.42 Å². The lowest BCUT2D eigenvalue weighted by Gasteiger charge is -2.13. The molecule has 0 radical (unpaired) electrons. The third kappa shape index (κ3) is 4.13. The minimum atomic E-state index is -3.32. The van der Waals surface area contributed by atoms with Crippen LogP contribution in [0.4, 0.5) is 5.69 Å². The van der Waals surface area contributed by atoms with Crippen molar-refractivity contribution in [1.82, 2.24) is 0 Å². The number of halogens is 1. The molecule has 0 unspecified atom stereocenters. The van der Waals surface area contributed by atoms with Crippen LogP contribution >= 0.6 is 11.6 Å². The largest absolute Gasteiger partial charge is 0.284 e. The molecule has 0 bridgehead atoms. The smallest absolute Gasteiger partial charge is 0.229 e. The summed E-state index contributed by atoms with van der Waals surface area (Å²) < 4.78 is 25.7. The Hall–Kier alpha value is -2.56. The molecule has 4 rings (SSSR count). The van der Waals surface area contributed by atoms with Crippen LogP contribution in [0.5, 0.6) is 0 Å². The first-order chi connectivity index (χ1) is 13.4. The van der Waals surface area contributed by atoms with E-state index in [-0.39, 0.29) is 0 Å². The Bertz CT molecular complexity index is 1180. The van der Waals surface area contributed by atoms with Gasteiger partial charge in [-0.3, -0.25) is 4.72 Å². The maximum absolute atomic E-state index is 11.6. The lowest BCUT2D eigenvalue weighted by Crippen LogP contribution is -2.09. The van der Waals surface area contributed by atoms with Crippen molar-refractivity contribution in [2.24, 2.45) is 0 Å². The Morgan fingerprint density at radius 1 is 0.893 bits per heavy atom. The standard InChI is InChI=1S/C23H20ClNO2S/c1-28(26,27)25-20-7-4-5-16(13-20)14-23-21-8-3-2-6-17(21)9-10-18-11-12-19(24)15-22(18)23/h2-8,11-15,25H,9-10H2,1H3/b23-14-. The van der Waals surface area contributed by atoms with Crippen LogP contribution in [-0.4, -0.2) is 14.7 Å². The van der Waals surface area contributed by atoms with Crippen LogP contribution < -0.4 is 4.72 Å². The second-order valence-electron chi connectivity index (χ2n) is 7.02. The monoisotopic (exact) mass is 409 g/mol. The van der Waals surface area contributed by atoms with Crippen LogP contribution in [0.3, 0.4) is 0 Å². The summed E-state index contributed by atoms with van der Waals surface area (Å²) >= 11 is 6.32. The molecule has 28 heavy (non-hydrogen) atoms. The predicted octanol–water partition coefficient (Wildman–Crippen LogP) is 5.40. The number of hydrogen-bond acceptors (Lipinski definition) is 2. The summed E-state index contributed by atoms with van der Waals surface area (Å²) in [5, 5.41) is 0.705. The van der Waals surface area contributed by atoms with Crippen LogP contribution in [0, 0.1) is 0 Å².